The summed E-state index contributed by atoms with van der Waals surface area (Å²) in [5.74, 6) is -0.408. The lowest BCUT2D eigenvalue weighted by atomic mass is 10.2. The maximum absolute atomic E-state index is 12.1. The number of aromatic nitrogens is 2. The Morgan fingerprint density at radius 1 is 1.38 bits per heavy atom. The van der Waals surface area contributed by atoms with Crippen LogP contribution in [0.3, 0.4) is 0 Å². The van der Waals surface area contributed by atoms with Crippen LogP contribution in [0.2, 0.25) is 0 Å². The molecule has 0 fully saturated rings. The minimum Gasteiger partial charge on any atom is -0.506 e. The van der Waals surface area contributed by atoms with Crippen LogP contribution in [0.1, 0.15) is 16.1 Å². The van der Waals surface area contributed by atoms with Crippen molar-refractivity contribution in [1.29, 1.82) is 0 Å². The van der Waals surface area contributed by atoms with Crippen LogP contribution in [0.15, 0.2) is 49.8 Å². The maximum atomic E-state index is 12.1. The van der Waals surface area contributed by atoms with Gasteiger partial charge in [0.25, 0.3) is 5.91 Å². The van der Waals surface area contributed by atoms with Crippen molar-refractivity contribution in [3.05, 3.63) is 55.9 Å². The molecule has 0 spiro atoms. The molecule has 0 saturated carbocycles. The summed E-state index contributed by atoms with van der Waals surface area (Å²) in [6, 6.07) is 8.91. The van der Waals surface area contributed by atoms with Gasteiger partial charge in [-0.2, -0.15) is 10.2 Å². The molecule has 0 saturated heterocycles. The molecule has 2 aromatic heterocycles. The van der Waals surface area contributed by atoms with Gasteiger partial charge in [-0.3, -0.25) is 9.89 Å². The monoisotopic (exact) mass is 468 g/mol. The Hall–Kier alpha value is -1.97. The van der Waals surface area contributed by atoms with Crippen LogP contribution in [-0.2, 0) is 0 Å². The number of aromatic amines is 1. The molecule has 122 valence electrons. The fourth-order valence-corrected chi connectivity index (χ4v) is 3.85. The fourth-order valence-electron chi connectivity index (χ4n) is 1.90. The van der Waals surface area contributed by atoms with Gasteiger partial charge in [-0.05, 0) is 45.6 Å². The molecule has 3 aromatic rings. The lowest BCUT2D eigenvalue weighted by Gasteiger charge is -2.02. The summed E-state index contributed by atoms with van der Waals surface area (Å²) < 4.78 is 1.30. The quantitative estimate of drug-likeness (QED) is 0.396. The molecule has 9 heteroatoms. The lowest BCUT2D eigenvalue weighted by Crippen LogP contribution is -2.18. The van der Waals surface area contributed by atoms with Gasteiger partial charge in [-0.1, -0.05) is 22.0 Å². The van der Waals surface area contributed by atoms with Gasteiger partial charge in [0, 0.05) is 10.0 Å². The first-order chi connectivity index (χ1) is 11.5. The number of benzene rings is 1. The van der Waals surface area contributed by atoms with Crippen LogP contribution < -0.4 is 5.43 Å². The predicted molar refractivity (Wildman–Crippen MR) is 100 cm³/mol. The van der Waals surface area contributed by atoms with Crippen molar-refractivity contribution in [3.8, 4) is 16.3 Å². The second-order valence-corrected chi connectivity index (χ2v) is 7.39. The Kier molecular flexibility index (Phi) is 5.12. The van der Waals surface area contributed by atoms with Gasteiger partial charge in [-0.25, -0.2) is 5.43 Å². The van der Waals surface area contributed by atoms with E-state index in [1.165, 1.54) is 6.21 Å². The molecule has 6 nitrogen and oxygen atoms in total. The molecule has 0 unspecified atom stereocenters. The predicted octanol–water partition coefficient (Wildman–Crippen LogP) is 4.13. The Morgan fingerprint density at radius 2 is 2.21 bits per heavy atom. The highest BCUT2D eigenvalue weighted by atomic mass is 79.9. The number of hydrogen-bond acceptors (Lipinski definition) is 5. The summed E-state index contributed by atoms with van der Waals surface area (Å²) in [6.45, 7) is 0. The van der Waals surface area contributed by atoms with E-state index < -0.39 is 5.91 Å². The molecule has 0 aliphatic carbocycles. The van der Waals surface area contributed by atoms with Gasteiger partial charge in [0.15, 0.2) is 5.69 Å². The van der Waals surface area contributed by atoms with Crippen LogP contribution >= 0.6 is 43.2 Å². The summed E-state index contributed by atoms with van der Waals surface area (Å²) in [6.07, 6.45) is 1.36. The molecule has 0 aliphatic heterocycles. The smallest absolute Gasteiger partial charge is 0.291 e. The van der Waals surface area contributed by atoms with Crippen molar-refractivity contribution >= 4 is 55.3 Å². The molecular formula is C15H10Br2N4O2S. The zero-order chi connectivity index (χ0) is 17.1. The summed E-state index contributed by atoms with van der Waals surface area (Å²) in [7, 11) is 0. The van der Waals surface area contributed by atoms with E-state index in [1.807, 2.05) is 17.5 Å². The van der Waals surface area contributed by atoms with Crippen molar-refractivity contribution in [2.24, 2.45) is 5.10 Å². The number of nitrogens with zero attached hydrogens (tertiary/aromatic N) is 2. The third kappa shape index (κ3) is 3.74. The topological polar surface area (TPSA) is 90.4 Å². The summed E-state index contributed by atoms with van der Waals surface area (Å²) in [4.78, 5) is 13.0. The van der Waals surface area contributed by atoms with Crippen molar-refractivity contribution in [2.45, 2.75) is 0 Å². The van der Waals surface area contributed by atoms with E-state index in [-0.39, 0.29) is 11.4 Å². The molecule has 0 aliphatic rings. The Labute approximate surface area is 157 Å². The SMILES string of the molecule is O=C(NN=Cc1cc(Br)cc(Br)c1O)c1cc(-c2cccs2)[nH]n1. The standard InChI is InChI=1S/C15H10Br2N4O2S/c16-9-4-8(14(22)10(17)5-9)7-18-21-15(23)12-6-11(19-20-12)13-2-1-3-24-13/h1-7,22H,(H,19,20)(H,21,23). The van der Waals surface area contributed by atoms with E-state index >= 15 is 0 Å². The number of amides is 1. The molecular weight excluding hydrogens is 460 g/mol. The van der Waals surface area contributed by atoms with E-state index in [9.17, 15) is 9.90 Å². The van der Waals surface area contributed by atoms with Crippen LogP contribution in [0.4, 0.5) is 0 Å². The Bertz CT molecular complexity index is 906. The average Bonchev–Trinajstić information content (AvgIpc) is 3.22. The van der Waals surface area contributed by atoms with E-state index in [2.05, 4.69) is 52.6 Å². The first kappa shape index (κ1) is 16.9. The zero-order valence-electron chi connectivity index (χ0n) is 12.0. The molecule has 1 amide bonds. The van der Waals surface area contributed by atoms with Gasteiger partial charge in [0.05, 0.1) is 21.3 Å². The van der Waals surface area contributed by atoms with Gasteiger partial charge in [0.1, 0.15) is 5.75 Å². The third-order valence-electron chi connectivity index (χ3n) is 3.02. The number of carbonyl (C=O) groups excluding carboxylic acids is 1. The molecule has 0 atom stereocenters. The largest absolute Gasteiger partial charge is 0.506 e. The Balaban J connectivity index is 1.70. The number of aromatic hydroxyl groups is 1. The second-order valence-electron chi connectivity index (χ2n) is 4.67. The van der Waals surface area contributed by atoms with Crippen LogP contribution in [0.5, 0.6) is 5.75 Å². The number of H-pyrrole nitrogens is 1. The number of nitrogens with one attached hydrogen (secondary N) is 2. The molecule has 3 N–H and O–H groups in total. The molecule has 3 rings (SSSR count). The van der Waals surface area contributed by atoms with Gasteiger partial charge in [-0.15, -0.1) is 11.3 Å². The van der Waals surface area contributed by atoms with Crippen molar-refractivity contribution < 1.29 is 9.90 Å². The van der Waals surface area contributed by atoms with E-state index in [4.69, 9.17) is 0 Å². The number of rotatable bonds is 4. The Morgan fingerprint density at radius 3 is 2.96 bits per heavy atom. The number of halogens is 2. The van der Waals surface area contributed by atoms with Crippen LogP contribution in [0, 0.1) is 0 Å². The minimum absolute atomic E-state index is 0.0379. The van der Waals surface area contributed by atoms with Crippen molar-refractivity contribution in [2.75, 3.05) is 0 Å². The van der Waals surface area contributed by atoms with Crippen molar-refractivity contribution in [3.63, 3.8) is 0 Å². The number of hydrazone groups is 1. The van der Waals surface area contributed by atoms with Gasteiger partial charge >= 0.3 is 0 Å². The molecule has 24 heavy (non-hydrogen) atoms. The summed E-state index contributed by atoms with van der Waals surface area (Å²) >= 11 is 8.11. The fraction of sp³-hybridized carbons (Fsp3) is 0. The number of thiophene rings is 1. The highest BCUT2D eigenvalue weighted by molar-refractivity contribution is 9.11. The van der Waals surface area contributed by atoms with E-state index in [1.54, 1.807) is 29.5 Å². The molecule has 0 radical (unpaired) electrons. The number of hydrogen-bond donors (Lipinski definition) is 3. The number of phenols is 1. The first-order valence-electron chi connectivity index (χ1n) is 6.65. The first-order valence-corrected chi connectivity index (χ1v) is 9.12. The van der Waals surface area contributed by atoms with Crippen molar-refractivity contribution in [1.82, 2.24) is 15.6 Å². The highest BCUT2D eigenvalue weighted by Crippen LogP contribution is 2.30. The van der Waals surface area contributed by atoms with E-state index in [0.717, 1.165) is 15.0 Å². The summed E-state index contributed by atoms with van der Waals surface area (Å²) in [5.41, 5.74) is 3.84. The second kappa shape index (κ2) is 7.29. The zero-order valence-corrected chi connectivity index (χ0v) is 15.9. The average molecular weight is 470 g/mol. The number of carbonyl (C=O) groups is 1. The molecule has 0 bridgehead atoms. The summed E-state index contributed by atoms with van der Waals surface area (Å²) in [5, 5.41) is 22.5. The van der Waals surface area contributed by atoms with Gasteiger partial charge < -0.3 is 5.11 Å². The molecule has 2 heterocycles. The lowest BCUT2D eigenvalue weighted by molar-refractivity contribution is 0.0950. The maximum Gasteiger partial charge on any atom is 0.291 e. The van der Waals surface area contributed by atoms with E-state index in [0.29, 0.717) is 10.0 Å². The van der Waals surface area contributed by atoms with Crippen LogP contribution in [-0.4, -0.2) is 27.4 Å². The van der Waals surface area contributed by atoms with Crippen LogP contribution in [0.25, 0.3) is 10.6 Å². The number of phenolic OH excluding ortho intramolecular Hbond substituents is 1. The van der Waals surface area contributed by atoms with Gasteiger partial charge in [0.2, 0.25) is 0 Å². The molecule has 1 aromatic carbocycles. The normalized spacial score (nSPS) is 11.1. The third-order valence-corrected chi connectivity index (χ3v) is 4.99. The highest BCUT2D eigenvalue weighted by Gasteiger charge is 2.11. The minimum atomic E-state index is -0.446.